The molecule has 2 aliphatic heterocycles. The number of rotatable bonds is 5. The number of nitrogens with one attached hydrogen (secondary N) is 1. The van der Waals surface area contributed by atoms with Gasteiger partial charge in [0, 0.05) is 50.2 Å². The van der Waals surface area contributed by atoms with Crippen LogP contribution in [0.3, 0.4) is 0 Å². The quantitative estimate of drug-likeness (QED) is 0.792. The predicted octanol–water partition coefficient (Wildman–Crippen LogP) is 3.29. The van der Waals surface area contributed by atoms with Crippen LogP contribution in [0.15, 0.2) is 36.7 Å². The minimum absolute atomic E-state index is 0.166. The molecule has 1 N–H and O–H groups in total. The second-order valence-electron chi connectivity index (χ2n) is 7.33. The van der Waals surface area contributed by atoms with Gasteiger partial charge in [-0.2, -0.15) is 0 Å². The van der Waals surface area contributed by atoms with Gasteiger partial charge in [0.15, 0.2) is 0 Å². The average Bonchev–Trinajstić information content (AvgIpc) is 2.74. The molecule has 7 nitrogen and oxygen atoms in total. The van der Waals surface area contributed by atoms with Crippen molar-refractivity contribution in [3.63, 3.8) is 0 Å². The van der Waals surface area contributed by atoms with E-state index in [0.717, 1.165) is 63.4 Å². The van der Waals surface area contributed by atoms with Crippen molar-refractivity contribution in [1.82, 2.24) is 9.97 Å². The monoisotopic (exact) mass is 423 g/mol. The molecule has 4 heterocycles. The van der Waals surface area contributed by atoms with Crippen LogP contribution in [0.5, 0.6) is 5.75 Å². The van der Waals surface area contributed by atoms with E-state index in [1.54, 1.807) is 12.3 Å². The number of morpholine rings is 1. The van der Waals surface area contributed by atoms with Gasteiger partial charge in [0.05, 0.1) is 19.4 Å². The highest BCUT2D eigenvalue weighted by Gasteiger charge is 2.31. The molecule has 2 saturated heterocycles. The summed E-state index contributed by atoms with van der Waals surface area (Å²) in [4.78, 5) is 12.9. The molecule has 0 amide bonds. The molecular formula is C20H24F3N5O2. The highest BCUT2D eigenvalue weighted by atomic mass is 19.4. The van der Waals surface area contributed by atoms with Crippen LogP contribution < -0.4 is 19.9 Å². The molecule has 1 atom stereocenters. The van der Waals surface area contributed by atoms with Crippen LogP contribution in [0.4, 0.5) is 30.5 Å². The van der Waals surface area contributed by atoms with Gasteiger partial charge in [0.25, 0.3) is 0 Å². The summed E-state index contributed by atoms with van der Waals surface area (Å²) in [6, 6.07) is 7.06. The molecule has 30 heavy (non-hydrogen) atoms. The number of anilines is 3. The minimum Gasteiger partial charge on any atom is -0.404 e. The molecule has 0 spiro atoms. The molecule has 0 bridgehead atoms. The van der Waals surface area contributed by atoms with Gasteiger partial charge in [0.2, 0.25) is 0 Å². The van der Waals surface area contributed by atoms with Crippen LogP contribution in [-0.4, -0.2) is 61.8 Å². The molecule has 0 aromatic carbocycles. The molecule has 0 radical (unpaired) electrons. The lowest BCUT2D eigenvalue weighted by molar-refractivity contribution is -0.274. The Kier molecular flexibility index (Phi) is 6.12. The molecule has 2 aliphatic rings. The SMILES string of the molecule is FC(F)(F)Oc1ccc(N2CCC[C@@H](Nc3cc(N4CCOCC4)ccn3)C2)nc1. The second kappa shape index (κ2) is 8.95. The van der Waals surface area contributed by atoms with Gasteiger partial charge in [-0.1, -0.05) is 0 Å². The van der Waals surface area contributed by atoms with Crippen molar-refractivity contribution < 1.29 is 22.6 Å². The van der Waals surface area contributed by atoms with E-state index < -0.39 is 6.36 Å². The van der Waals surface area contributed by atoms with Gasteiger partial charge >= 0.3 is 6.36 Å². The second-order valence-corrected chi connectivity index (χ2v) is 7.33. The van der Waals surface area contributed by atoms with Gasteiger partial charge in [-0.15, -0.1) is 13.2 Å². The van der Waals surface area contributed by atoms with E-state index in [4.69, 9.17) is 4.74 Å². The van der Waals surface area contributed by atoms with Crippen molar-refractivity contribution in [3.8, 4) is 5.75 Å². The Morgan fingerprint density at radius 1 is 1.07 bits per heavy atom. The highest BCUT2D eigenvalue weighted by molar-refractivity contribution is 5.54. The van der Waals surface area contributed by atoms with Crippen molar-refractivity contribution in [2.75, 3.05) is 54.5 Å². The Morgan fingerprint density at radius 3 is 2.63 bits per heavy atom. The highest BCUT2D eigenvalue weighted by Crippen LogP contribution is 2.26. The van der Waals surface area contributed by atoms with Crippen LogP contribution in [0.25, 0.3) is 0 Å². The number of piperidine rings is 1. The molecular weight excluding hydrogens is 399 g/mol. The fourth-order valence-corrected chi connectivity index (χ4v) is 3.78. The third-order valence-electron chi connectivity index (χ3n) is 5.17. The van der Waals surface area contributed by atoms with E-state index in [9.17, 15) is 13.2 Å². The molecule has 10 heteroatoms. The maximum atomic E-state index is 12.3. The number of hydrogen-bond acceptors (Lipinski definition) is 7. The first-order valence-electron chi connectivity index (χ1n) is 9.98. The summed E-state index contributed by atoms with van der Waals surface area (Å²) in [5.41, 5.74) is 1.12. The Balaban J connectivity index is 1.37. The fraction of sp³-hybridized carbons (Fsp3) is 0.500. The molecule has 2 fully saturated rings. The van der Waals surface area contributed by atoms with E-state index in [1.807, 2.05) is 12.1 Å². The summed E-state index contributed by atoms with van der Waals surface area (Å²) in [7, 11) is 0. The topological polar surface area (TPSA) is 62.8 Å². The smallest absolute Gasteiger partial charge is 0.404 e. The zero-order valence-corrected chi connectivity index (χ0v) is 16.4. The maximum absolute atomic E-state index is 12.3. The third-order valence-corrected chi connectivity index (χ3v) is 5.17. The van der Waals surface area contributed by atoms with E-state index in [2.05, 4.69) is 29.8 Å². The summed E-state index contributed by atoms with van der Waals surface area (Å²) in [6.45, 7) is 4.66. The summed E-state index contributed by atoms with van der Waals surface area (Å²) in [5, 5.41) is 3.49. The summed E-state index contributed by atoms with van der Waals surface area (Å²) in [6.07, 6.45) is 0.118. The number of ether oxygens (including phenoxy) is 2. The fourth-order valence-electron chi connectivity index (χ4n) is 3.78. The Bertz CT molecular complexity index is 828. The molecule has 0 aliphatic carbocycles. The number of nitrogens with zero attached hydrogens (tertiary/aromatic N) is 4. The Morgan fingerprint density at radius 2 is 1.90 bits per heavy atom. The van der Waals surface area contributed by atoms with Crippen molar-refractivity contribution in [1.29, 1.82) is 0 Å². The molecule has 2 aromatic heterocycles. The maximum Gasteiger partial charge on any atom is 0.573 e. The van der Waals surface area contributed by atoms with E-state index in [1.165, 1.54) is 6.07 Å². The summed E-state index contributed by atoms with van der Waals surface area (Å²) < 4.78 is 46.3. The van der Waals surface area contributed by atoms with E-state index >= 15 is 0 Å². The number of alkyl halides is 3. The van der Waals surface area contributed by atoms with Gasteiger partial charge in [-0.25, -0.2) is 9.97 Å². The Labute approximate surface area is 172 Å². The zero-order valence-electron chi connectivity index (χ0n) is 16.4. The number of halogens is 3. The molecule has 0 saturated carbocycles. The summed E-state index contributed by atoms with van der Waals surface area (Å²) >= 11 is 0. The van der Waals surface area contributed by atoms with Crippen LogP contribution in [0.1, 0.15) is 12.8 Å². The van der Waals surface area contributed by atoms with Crippen LogP contribution in [0, 0.1) is 0 Å². The first kappa shape index (κ1) is 20.5. The first-order valence-corrected chi connectivity index (χ1v) is 9.98. The van der Waals surface area contributed by atoms with Gasteiger partial charge in [-0.3, -0.25) is 0 Å². The predicted molar refractivity (Wildman–Crippen MR) is 107 cm³/mol. The minimum atomic E-state index is -4.72. The third kappa shape index (κ3) is 5.44. The lowest BCUT2D eigenvalue weighted by Gasteiger charge is -2.34. The molecule has 4 rings (SSSR count). The molecule has 162 valence electrons. The number of aromatic nitrogens is 2. The van der Waals surface area contributed by atoms with Gasteiger partial charge < -0.3 is 24.6 Å². The molecule has 2 aromatic rings. The zero-order chi connectivity index (χ0) is 21.0. The first-order chi connectivity index (χ1) is 14.5. The van der Waals surface area contributed by atoms with E-state index in [-0.39, 0.29) is 11.8 Å². The van der Waals surface area contributed by atoms with Crippen LogP contribution >= 0.6 is 0 Å². The standard InChI is InChI=1S/C20H24F3N5O2/c21-20(22,23)30-17-3-4-19(25-13-17)28-7-1-2-15(14-28)26-18-12-16(5-6-24-18)27-8-10-29-11-9-27/h3-6,12-13,15H,1-2,7-11,14H2,(H,24,26)/t15-/m1/s1. The number of hydrogen-bond donors (Lipinski definition) is 1. The van der Waals surface area contributed by atoms with Crippen LogP contribution in [-0.2, 0) is 4.74 Å². The van der Waals surface area contributed by atoms with Crippen molar-refractivity contribution in [2.45, 2.75) is 25.2 Å². The lowest BCUT2D eigenvalue weighted by Crippen LogP contribution is -2.42. The van der Waals surface area contributed by atoms with E-state index in [0.29, 0.717) is 12.4 Å². The van der Waals surface area contributed by atoms with Crippen molar-refractivity contribution >= 4 is 17.3 Å². The van der Waals surface area contributed by atoms with Crippen LogP contribution in [0.2, 0.25) is 0 Å². The summed E-state index contributed by atoms with van der Waals surface area (Å²) in [5.74, 6) is 1.13. The lowest BCUT2D eigenvalue weighted by atomic mass is 10.1. The van der Waals surface area contributed by atoms with Gasteiger partial charge in [-0.05, 0) is 31.0 Å². The normalized spacial score (nSPS) is 20.2. The Hall–Kier alpha value is -2.75. The average molecular weight is 423 g/mol. The number of pyridine rings is 2. The van der Waals surface area contributed by atoms with Crippen molar-refractivity contribution in [3.05, 3.63) is 36.7 Å². The largest absolute Gasteiger partial charge is 0.573 e. The van der Waals surface area contributed by atoms with Crippen molar-refractivity contribution in [2.24, 2.45) is 0 Å². The molecule has 0 unspecified atom stereocenters. The van der Waals surface area contributed by atoms with Gasteiger partial charge in [0.1, 0.15) is 17.4 Å².